The van der Waals surface area contributed by atoms with E-state index in [0.29, 0.717) is 5.02 Å². The van der Waals surface area contributed by atoms with Crippen LogP contribution in [-0.2, 0) is 4.79 Å². The fourth-order valence-corrected chi connectivity index (χ4v) is 2.37. The van der Waals surface area contributed by atoms with Crippen molar-refractivity contribution in [3.05, 3.63) is 28.8 Å². The van der Waals surface area contributed by atoms with Gasteiger partial charge in [-0.1, -0.05) is 18.5 Å². The van der Waals surface area contributed by atoms with Crippen molar-refractivity contribution >= 4 is 29.2 Å². The first-order valence-electron chi connectivity index (χ1n) is 6.06. The zero-order valence-electron chi connectivity index (χ0n) is 10.4. The monoisotopic (exact) mass is 282 g/mol. The minimum absolute atomic E-state index is 0.0309. The van der Waals surface area contributed by atoms with Crippen molar-refractivity contribution in [3.8, 4) is 0 Å². The number of amides is 1. The predicted molar refractivity (Wildman–Crippen MR) is 72.6 cm³/mol. The van der Waals surface area contributed by atoms with Gasteiger partial charge >= 0.3 is 5.97 Å². The fourth-order valence-electron chi connectivity index (χ4n) is 2.20. The summed E-state index contributed by atoms with van der Waals surface area (Å²) in [6.07, 6.45) is 0.930. The molecule has 0 radical (unpaired) electrons. The first-order valence-corrected chi connectivity index (χ1v) is 6.44. The van der Waals surface area contributed by atoms with Crippen molar-refractivity contribution in [2.24, 2.45) is 5.92 Å². The summed E-state index contributed by atoms with van der Waals surface area (Å²) in [5, 5.41) is 15.2. The number of carbonyl (C=O) groups excluding carboxylic acids is 1. The summed E-state index contributed by atoms with van der Waals surface area (Å²) in [6, 6.07) is 4.02. The molecule has 1 aromatic rings. The van der Waals surface area contributed by atoms with Crippen LogP contribution in [0.3, 0.4) is 0 Å². The molecule has 5 nitrogen and oxygen atoms in total. The van der Waals surface area contributed by atoms with E-state index in [-0.39, 0.29) is 29.1 Å². The third-order valence-corrected chi connectivity index (χ3v) is 3.52. The molecule has 0 aliphatic carbocycles. The van der Waals surface area contributed by atoms with Gasteiger partial charge in [0.15, 0.2) is 0 Å². The second-order valence-corrected chi connectivity index (χ2v) is 5.12. The molecule has 1 heterocycles. The number of carbonyl (C=O) groups is 2. The van der Waals surface area contributed by atoms with E-state index in [2.05, 4.69) is 10.6 Å². The van der Waals surface area contributed by atoms with Crippen molar-refractivity contribution in [1.29, 1.82) is 0 Å². The highest BCUT2D eigenvalue weighted by Gasteiger charge is 2.29. The molecule has 1 fully saturated rings. The van der Waals surface area contributed by atoms with Gasteiger partial charge in [-0.2, -0.15) is 0 Å². The summed E-state index contributed by atoms with van der Waals surface area (Å²) in [6.45, 7) is 2.78. The van der Waals surface area contributed by atoms with Gasteiger partial charge in [0.25, 0.3) is 0 Å². The predicted octanol–water partition coefficient (Wildman–Crippen LogP) is 1.97. The maximum absolute atomic E-state index is 12.1. The van der Waals surface area contributed by atoms with Gasteiger partial charge in [0.2, 0.25) is 5.91 Å². The number of nitrogens with one attached hydrogen (secondary N) is 2. The quantitative estimate of drug-likeness (QED) is 0.792. The van der Waals surface area contributed by atoms with E-state index in [4.69, 9.17) is 16.7 Å². The summed E-state index contributed by atoms with van der Waals surface area (Å²) in [5.74, 6) is -1.10. The van der Waals surface area contributed by atoms with E-state index in [1.807, 2.05) is 6.92 Å². The molecule has 0 aromatic heterocycles. The number of anilines is 1. The lowest BCUT2D eigenvalue weighted by molar-refractivity contribution is -0.118. The maximum Gasteiger partial charge on any atom is 0.337 e. The lowest BCUT2D eigenvalue weighted by Crippen LogP contribution is -2.39. The van der Waals surface area contributed by atoms with Gasteiger partial charge in [0.05, 0.1) is 17.3 Å². The van der Waals surface area contributed by atoms with Crippen molar-refractivity contribution < 1.29 is 14.7 Å². The summed E-state index contributed by atoms with van der Waals surface area (Å²) in [7, 11) is 0. The molecule has 1 aromatic carbocycles. The number of hydrogen-bond acceptors (Lipinski definition) is 3. The highest BCUT2D eigenvalue weighted by atomic mass is 35.5. The van der Waals surface area contributed by atoms with Gasteiger partial charge in [-0.3, -0.25) is 4.79 Å². The van der Waals surface area contributed by atoms with Crippen molar-refractivity contribution in [3.63, 3.8) is 0 Å². The highest BCUT2D eigenvalue weighted by molar-refractivity contribution is 6.31. The molecule has 0 saturated carbocycles. The van der Waals surface area contributed by atoms with Gasteiger partial charge in [-0.15, -0.1) is 0 Å². The molecule has 3 N–H and O–H groups in total. The van der Waals surface area contributed by atoms with Crippen LogP contribution in [0, 0.1) is 5.92 Å². The van der Waals surface area contributed by atoms with Crippen molar-refractivity contribution in [2.75, 3.05) is 11.9 Å². The molecule has 19 heavy (non-hydrogen) atoms. The van der Waals surface area contributed by atoms with Crippen LogP contribution in [0.2, 0.25) is 5.02 Å². The minimum Gasteiger partial charge on any atom is -0.478 e. The molecule has 1 aliphatic heterocycles. The second kappa shape index (κ2) is 5.59. The van der Waals surface area contributed by atoms with Crippen LogP contribution in [0.4, 0.5) is 5.69 Å². The average Bonchev–Trinajstić information content (AvgIpc) is 2.75. The van der Waals surface area contributed by atoms with Gasteiger partial charge in [-0.05, 0) is 37.1 Å². The topological polar surface area (TPSA) is 78.4 Å². The average molecular weight is 283 g/mol. The van der Waals surface area contributed by atoms with Crippen molar-refractivity contribution in [2.45, 2.75) is 19.4 Å². The minimum atomic E-state index is -1.10. The van der Waals surface area contributed by atoms with E-state index in [9.17, 15) is 9.59 Å². The largest absolute Gasteiger partial charge is 0.478 e. The van der Waals surface area contributed by atoms with Crippen LogP contribution in [0.5, 0.6) is 0 Å². The lowest BCUT2D eigenvalue weighted by Gasteiger charge is -2.16. The van der Waals surface area contributed by atoms with Gasteiger partial charge < -0.3 is 15.7 Å². The van der Waals surface area contributed by atoms with E-state index in [1.54, 1.807) is 0 Å². The van der Waals surface area contributed by atoms with Gasteiger partial charge in [0.1, 0.15) is 0 Å². The van der Waals surface area contributed by atoms with E-state index >= 15 is 0 Å². The first-order chi connectivity index (χ1) is 8.99. The van der Waals surface area contributed by atoms with Crippen LogP contribution in [0.25, 0.3) is 0 Å². The Morgan fingerprint density at radius 3 is 2.79 bits per heavy atom. The van der Waals surface area contributed by atoms with Crippen LogP contribution < -0.4 is 10.6 Å². The molecule has 1 amide bonds. The molecule has 0 bridgehead atoms. The number of halogens is 1. The number of aromatic carboxylic acids is 1. The molecule has 102 valence electrons. The van der Waals surface area contributed by atoms with Crippen molar-refractivity contribution in [1.82, 2.24) is 5.32 Å². The van der Waals surface area contributed by atoms with E-state index < -0.39 is 5.97 Å². The Morgan fingerprint density at radius 1 is 1.47 bits per heavy atom. The summed E-state index contributed by atoms with van der Waals surface area (Å²) < 4.78 is 0. The summed E-state index contributed by atoms with van der Waals surface area (Å²) in [5.41, 5.74) is 0.259. The normalized spacial score (nSPS) is 22.2. The zero-order valence-corrected chi connectivity index (χ0v) is 11.2. The smallest absolute Gasteiger partial charge is 0.337 e. The molecule has 0 spiro atoms. The number of carboxylic acid groups (broad SMARTS) is 1. The van der Waals surface area contributed by atoms with Gasteiger partial charge in [0, 0.05) is 5.02 Å². The van der Waals surface area contributed by atoms with Crippen LogP contribution >= 0.6 is 11.6 Å². The van der Waals surface area contributed by atoms with E-state index in [1.165, 1.54) is 18.2 Å². The maximum atomic E-state index is 12.1. The summed E-state index contributed by atoms with van der Waals surface area (Å²) in [4.78, 5) is 23.2. The number of rotatable bonds is 3. The Labute approximate surface area is 116 Å². The Bertz CT molecular complexity index is 519. The lowest BCUT2D eigenvalue weighted by atomic mass is 10.0. The standard InChI is InChI=1S/C13H15ClN2O3/c1-7-4-5-15-11(7)12(17)16-10-6-8(14)2-3-9(10)13(18)19/h2-3,6-7,11,15H,4-5H2,1H3,(H,16,17)(H,18,19). The van der Waals surface area contributed by atoms with E-state index in [0.717, 1.165) is 13.0 Å². The van der Waals surface area contributed by atoms with Crippen LogP contribution in [0.1, 0.15) is 23.7 Å². The SMILES string of the molecule is CC1CCNC1C(=O)Nc1cc(Cl)ccc1C(=O)O. The molecule has 6 heteroatoms. The molecule has 2 unspecified atom stereocenters. The number of carboxylic acids is 1. The molecule has 2 atom stereocenters. The molecular weight excluding hydrogens is 268 g/mol. The third-order valence-electron chi connectivity index (χ3n) is 3.29. The summed E-state index contributed by atoms with van der Waals surface area (Å²) >= 11 is 5.83. The van der Waals surface area contributed by atoms with Crippen LogP contribution in [-0.4, -0.2) is 29.6 Å². The van der Waals surface area contributed by atoms with Crippen LogP contribution in [0.15, 0.2) is 18.2 Å². The second-order valence-electron chi connectivity index (χ2n) is 4.68. The Kier molecular flexibility index (Phi) is 4.07. The highest BCUT2D eigenvalue weighted by Crippen LogP contribution is 2.23. The Hall–Kier alpha value is -1.59. The van der Waals surface area contributed by atoms with Gasteiger partial charge in [-0.25, -0.2) is 4.79 Å². The third kappa shape index (κ3) is 3.05. The molecule has 1 saturated heterocycles. The molecular formula is C13H15ClN2O3. The number of benzene rings is 1. The zero-order chi connectivity index (χ0) is 14.0. The Morgan fingerprint density at radius 2 is 2.21 bits per heavy atom. The Balaban J connectivity index is 2.20. The molecule has 1 aliphatic rings. The first kappa shape index (κ1) is 13.8. The molecule has 2 rings (SSSR count). The fraction of sp³-hybridized carbons (Fsp3) is 0.385. The number of hydrogen-bond donors (Lipinski definition) is 3.